The van der Waals surface area contributed by atoms with E-state index in [1.807, 2.05) is 41.5 Å². The standard InChI is InChI=1S/C24H25FN4O2S2/c1-17-2-6-19(7-3-17)26-22(30)16-33-24-27-20(15-32-24)14-23(31)29-12-10-28(11-13-29)21-8-4-18(25)5-9-21/h2-9,15H,10-14,16H2,1H3,(H,26,30). The normalized spacial score (nSPS) is 13.8. The number of aryl methyl sites for hydroxylation is 1. The van der Waals surface area contributed by atoms with Crippen LogP contribution in [0.2, 0.25) is 0 Å². The molecule has 9 heteroatoms. The van der Waals surface area contributed by atoms with E-state index in [1.165, 1.54) is 35.2 Å². The van der Waals surface area contributed by atoms with E-state index in [0.717, 1.165) is 27.0 Å². The molecule has 1 fully saturated rings. The van der Waals surface area contributed by atoms with Gasteiger partial charge in [0.05, 0.1) is 17.9 Å². The van der Waals surface area contributed by atoms with Crippen LogP contribution in [0.5, 0.6) is 0 Å². The van der Waals surface area contributed by atoms with Crippen molar-refractivity contribution in [3.63, 3.8) is 0 Å². The number of hydrogen-bond donors (Lipinski definition) is 1. The maximum atomic E-state index is 13.1. The highest BCUT2D eigenvalue weighted by Crippen LogP contribution is 2.24. The molecule has 3 aromatic rings. The van der Waals surface area contributed by atoms with Gasteiger partial charge in [0.25, 0.3) is 0 Å². The van der Waals surface area contributed by atoms with Crippen LogP contribution in [0.3, 0.4) is 0 Å². The average molecular weight is 485 g/mol. The van der Waals surface area contributed by atoms with Crippen molar-refractivity contribution < 1.29 is 14.0 Å². The van der Waals surface area contributed by atoms with Crippen molar-refractivity contribution in [1.82, 2.24) is 9.88 Å². The van der Waals surface area contributed by atoms with Gasteiger partial charge >= 0.3 is 0 Å². The number of thiazole rings is 1. The van der Waals surface area contributed by atoms with E-state index in [2.05, 4.69) is 15.2 Å². The van der Waals surface area contributed by atoms with Crippen LogP contribution in [0.4, 0.5) is 15.8 Å². The predicted octanol–water partition coefficient (Wildman–Crippen LogP) is 4.21. The number of benzene rings is 2. The SMILES string of the molecule is Cc1ccc(NC(=O)CSc2nc(CC(=O)N3CCN(c4ccc(F)cc4)CC3)cs2)cc1. The molecule has 0 aliphatic carbocycles. The molecule has 0 bridgehead atoms. The summed E-state index contributed by atoms with van der Waals surface area (Å²) in [5.41, 5.74) is 3.61. The smallest absolute Gasteiger partial charge is 0.234 e. The van der Waals surface area contributed by atoms with Crippen molar-refractivity contribution in [3.05, 3.63) is 71.0 Å². The molecule has 0 radical (unpaired) electrons. The number of anilines is 2. The molecule has 1 aliphatic rings. The minimum atomic E-state index is -0.250. The second-order valence-corrected chi connectivity index (χ2v) is 9.91. The molecule has 0 unspecified atom stereocenters. The highest BCUT2D eigenvalue weighted by molar-refractivity contribution is 8.01. The average Bonchev–Trinajstić information content (AvgIpc) is 3.27. The number of hydrogen-bond acceptors (Lipinski definition) is 6. The lowest BCUT2D eigenvalue weighted by atomic mass is 10.2. The lowest BCUT2D eigenvalue weighted by Gasteiger charge is -2.36. The zero-order chi connectivity index (χ0) is 23.2. The molecule has 172 valence electrons. The van der Waals surface area contributed by atoms with E-state index in [0.29, 0.717) is 26.2 Å². The molecule has 1 aromatic heterocycles. The minimum Gasteiger partial charge on any atom is -0.368 e. The maximum Gasteiger partial charge on any atom is 0.234 e. The van der Waals surface area contributed by atoms with Gasteiger partial charge in [-0.25, -0.2) is 9.37 Å². The van der Waals surface area contributed by atoms with Gasteiger partial charge in [-0.1, -0.05) is 29.5 Å². The Morgan fingerprint density at radius 1 is 1.06 bits per heavy atom. The van der Waals surface area contributed by atoms with Crippen LogP contribution in [-0.4, -0.2) is 53.6 Å². The fraction of sp³-hybridized carbons (Fsp3) is 0.292. The third kappa shape index (κ3) is 6.55. The Labute approximate surface area is 200 Å². The summed E-state index contributed by atoms with van der Waals surface area (Å²) in [5.74, 6) is -0.0242. The summed E-state index contributed by atoms with van der Waals surface area (Å²) >= 11 is 2.82. The number of carbonyl (C=O) groups excluding carboxylic acids is 2. The van der Waals surface area contributed by atoms with Crippen LogP contribution in [0.1, 0.15) is 11.3 Å². The quantitative estimate of drug-likeness (QED) is 0.509. The predicted molar refractivity (Wildman–Crippen MR) is 132 cm³/mol. The Kier molecular flexibility index (Phi) is 7.61. The number of carbonyl (C=O) groups is 2. The van der Waals surface area contributed by atoms with Crippen molar-refractivity contribution in [2.45, 2.75) is 17.7 Å². The van der Waals surface area contributed by atoms with Gasteiger partial charge in [-0.3, -0.25) is 9.59 Å². The van der Waals surface area contributed by atoms with Crippen LogP contribution in [0, 0.1) is 12.7 Å². The molecule has 0 spiro atoms. The lowest BCUT2D eigenvalue weighted by molar-refractivity contribution is -0.130. The fourth-order valence-electron chi connectivity index (χ4n) is 3.53. The highest BCUT2D eigenvalue weighted by Gasteiger charge is 2.22. The van der Waals surface area contributed by atoms with Gasteiger partial charge < -0.3 is 15.1 Å². The van der Waals surface area contributed by atoms with Crippen LogP contribution in [-0.2, 0) is 16.0 Å². The first kappa shape index (κ1) is 23.3. The Morgan fingerprint density at radius 3 is 2.45 bits per heavy atom. The van der Waals surface area contributed by atoms with E-state index in [1.54, 1.807) is 12.1 Å². The molecule has 0 saturated carbocycles. The summed E-state index contributed by atoms with van der Waals surface area (Å²) in [5, 5.41) is 4.76. The highest BCUT2D eigenvalue weighted by atomic mass is 32.2. The monoisotopic (exact) mass is 484 g/mol. The minimum absolute atomic E-state index is 0.0488. The summed E-state index contributed by atoms with van der Waals surface area (Å²) in [7, 11) is 0. The van der Waals surface area contributed by atoms with Crippen LogP contribution in [0.15, 0.2) is 58.3 Å². The number of nitrogens with one attached hydrogen (secondary N) is 1. The van der Waals surface area contributed by atoms with Crippen LogP contribution >= 0.6 is 23.1 Å². The summed E-state index contributed by atoms with van der Waals surface area (Å²) in [4.78, 5) is 33.4. The van der Waals surface area contributed by atoms with Gasteiger partial charge in [-0.05, 0) is 43.3 Å². The Balaban J connectivity index is 1.21. The van der Waals surface area contributed by atoms with Gasteiger partial charge in [-0.2, -0.15) is 0 Å². The Hall–Kier alpha value is -2.91. The molecule has 4 rings (SSSR count). The number of amides is 2. The molecule has 2 aromatic carbocycles. The van der Waals surface area contributed by atoms with Gasteiger partial charge in [0, 0.05) is 42.9 Å². The number of aromatic nitrogens is 1. The van der Waals surface area contributed by atoms with Gasteiger partial charge in [0.2, 0.25) is 11.8 Å². The topological polar surface area (TPSA) is 65.5 Å². The third-order valence-electron chi connectivity index (χ3n) is 5.35. The molecule has 2 amide bonds. The Morgan fingerprint density at radius 2 is 1.76 bits per heavy atom. The zero-order valence-corrected chi connectivity index (χ0v) is 19.9. The zero-order valence-electron chi connectivity index (χ0n) is 18.3. The number of rotatable bonds is 7. The molecule has 1 N–H and O–H groups in total. The first-order chi connectivity index (χ1) is 16.0. The van der Waals surface area contributed by atoms with Crippen molar-refractivity contribution in [3.8, 4) is 0 Å². The maximum absolute atomic E-state index is 13.1. The van der Waals surface area contributed by atoms with Crippen LogP contribution < -0.4 is 10.2 Å². The number of piperazine rings is 1. The van der Waals surface area contributed by atoms with Crippen molar-refractivity contribution in [2.24, 2.45) is 0 Å². The number of nitrogens with zero attached hydrogens (tertiary/aromatic N) is 3. The van der Waals surface area contributed by atoms with E-state index in [4.69, 9.17) is 0 Å². The molecule has 33 heavy (non-hydrogen) atoms. The van der Waals surface area contributed by atoms with Gasteiger partial charge in [-0.15, -0.1) is 11.3 Å². The molecule has 0 atom stereocenters. The Bertz CT molecular complexity index is 1090. The van der Waals surface area contributed by atoms with E-state index in [9.17, 15) is 14.0 Å². The number of thioether (sulfide) groups is 1. The van der Waals surface area contributed by atoms with E-state index in [-0.39, 0.29) is 29.8 Å². The second-order valence-electron chi connectivity index (χ2n) is 7.83. The van der Waals surface area contributed by atoms with E-state index >= 15 is 0 Å². The summed E-state index contributed by atoms with van der Waals surface area (Å²) in [6, 6.07) is 14.1. The first-order valence-corrected chi connectivity index (χ1v) is 12.5. The first-order valence-electron chi connectivity index (χ1n) is 10.7. The molecule has 1 aliphatic heterocycles. The van der Waals surface area contributed by atoms with Crippen LogP contribution in [0.25, 0.3) is 0 Å². The van der Waals surface area contributed by atoms with Crippen molar-refractivity contribution in [2.75, 3.05) is 42.1 Å². The second kappa shape index (κ2) is 10.8. The van der Waals surface area contributed by atoms with Crippen molar-refractivity contribution in [1.29, 1.82) is 0 Å². The molecular formula is C24H25FN4O2S2. The fourth-order valence-corrected chi connectivity index (χ4v) is 5.17. The molecule has 1 saturated heterocycles. The molecule has 6 nitrogen and oxygen atoms in total. The summed E-state index contributed by atoms with van der Waals surface area (Å²) in [6.45, 7) is 4.68. The largest absolute Gasteiger partial charge is 0.368 e. The van der Waals surface area contributed by atoms with E-state index < -0.39 is 0 Å². The molecular weight excluding hydrogens is 459 g/mol. The summed E-state index contributed by atoms with van der Waals surface area (Å²) < 4.78 is 13.9. The van der Waals surface area contributed by atoms with Crippen molar-refractivity contribution >= 4 is 46.3 Å². The third-order valence-corrected chi connectivity index (χ3v) is 7.42. The van der Waals surface area contributed by atoms with Gasteiger partial charge in [0.15, 0.2) is 4.34 Å². The number of halogens is 1. The van der Waals surface area contributed by atoms with Gasteiger partial charge in [0.1, 0.15) is 5.82 Å². The molecule has 2 heterocycles. The lowest BCUT2D eigenvalue weighted by Crippen LogP contribution is -2.49. The summed E-state index contributed by atoms with van der Waals surface area (Å²) in [6.07, 6.45) is 0.253.